The van der Waals surface area contributed by atoms with E-state index in [-0.39, 0.29) is 0 Å². The number of hydrogen-bond acceptors (Lipinski definition) is 3. The third-order valence-corrected chi connectivity index (χ3v) is 4.34. The average Bonchev–Trinajstić information content (AvgIpc) is 2.77. The number of hydrogen-bond donors (Lipinski definition) is 2. The molecule has 2 aromatic carbocycles. The summed E-state index contributed by atoms with van der Waals surface area (Å²) in [6.07, 6.45) is 0.170. The highest BCUT2D eigenvalue weighted by Crippen LogP contribution is 2.34. The maximum atomic E-state index is 9.62. The molecule has 3 N–H and O–H groups in total. The molecule has 0 amide bonds. The molecule has 3 heteroatoms. The van der Waals surface area contributed by atoms with Crippen molar-refractivity contribution in [1.29, 1.82) is 0 Å². The van der Waals surface area contributed by atoms with E-state index in [1.165, 1.54) is 20.2 Å². The fourth-order valence-electron chi connectivity index (χ4n) is 2.26. The minimum Gasteiger partial charge on any atom is -0.391 e. The summed E-state index contributed by atoms with van der Waals surface area (Å²) in [6.45, 7) is 0.308. The zero-order valence-electron chi connectivity index (χ0n) is 9.97. The fourth-order valence-corrected chi connectivity index (χ4v) is 3.34. The van der Waals surface area contributed by atoms with Gasteiger partial charge in [-0.2, -0.15) is 0 Å². The molecule has 1 atom stereocenters. The van der Waals surface area contributed by atoms with Crippen LogP contribution in [0.15, 0.2) is 42.5 Å². The molecule has 0 saturated heterocycles. The van der Waals surface area contributed by atoms with Gasteiger partial charge in [-0.05, 0) is 30.2 Å². The largest absolute Gasteiger partial charge is 0.391 e. The van der Waals surface area contributed by atoms with Gasteiger partial charge in [0.05, 0.1) is 6.10 Å². The first-order valence-corrected chi connectivity index (χ1v) is 6.88. The predicted molar refractivity (Wildman–Crippen MR) is 78.1 cm³/mol. The van der Waals surface area contributed by atoms with Crippen LogP contribution in [-0.4, -0.2) is 17.8 Å². The second kappa shape index (κ2) is 4.69. The summed E-state index contributed by atoms with van der Waals surface area (Å²) in [4.78, 5) is 0. The zero-order chi connectivity index (χ0) is 12.5. The molecule has 0 saturated carbocycles. The van der Waals surface area contributed by atoms with Crippen molar-refractivity contribution >= 4 is 31.5 Å². The topological polar surface area (TPSA) is 46.2 Å². The first-order valence-electron chi connectivity index (χ1n) is 6.06. The lowest BCUT2D eigenvalue weighted by Gasteiger charge is -2.07. The minimum atomic E-state index is -0.452. The number of benzene rings is 2. The van der Waals surface area contributed by atoms with Crippen LogP contribution >= 0.6 is 11.3 Å². The molecule has 18 heavy (non-hydrogen) atoms. The van der Waals surface area contributed by atoms with Crippen LogP contribution in [0.25, 0.3) is 20.2 Å². The van der Waals surface area contributed by atoms with Crippen molar-refractivity contribution in [2.75, 3.05) is 6.54 Å². The lowest BCUT2D eigenvalue weighted by atomic mass is 10.0. The molecule has 1 aromatic heterocycles. The number of aliphatic hydroxyl groups is 1. The Kier molecular flexibility index (Phi) is 3.04. The molecule has 0 spiro atoms. The lowest BCUT2D eigenvalue weighted by Crippen LogP contribution is -2.21. The van der Waals surface area contributed by atoms with Crippen LogP contribution in [0.2, 0.25) is 0 Å². The van der Waals surface area contributed by atoms with Crippen LogP contribution in [0.5, 0.6) is 0 Å². The lowest BCUT2D eigenvalue weighted by molar-refractivity contribution is 0.183. The summed E-state index contributed by atoms with van der Waals surface area (Å²) in [5.41, 5.74) is 6.60. The third-order valence-electron chi connectivity index (χ3n) is 3.18. The van der Waals surface area contributed by atoms with E-state index in [0.717, 1.165) is 5.56 Å². The Morgan fingerprint density at radius 2 is 1.83 bits per heavy atom. The van der Waals surface area contributed by atoms with Gasteiger partial charge >= 0.3 is 0 Å². The van der Waals surface area contributed by atoms with E-state index in [1.54, 1.807) is 0 Å². The third kappa shape index (κ3) is 2.01. The van der Waals surface area contributed by atoms with Crippen molar-refractivity contribution in [1.82, 2.24) is 0 Å². The molecule has 0 bridgehead atoms. The second-order valence-electron chi connectivity index (χ2n) is 4.52. The molecule has 2 nitrogen and oxygen atoms in total. The SMILES string of the molecule is NCC(O)Cc1ccc2sc3ccccc3c2c1. The first kappa shape index (κ1) is 11.7. The quantitative estimate of drug-likeness (QED) is 0.758. The molecule has 3 aromatic rings. The number of fused-ring (bicyclic) bond motifs is 3. The van der Waals surface area contributed by atoms with Crippen LogP contribution < -0.4 is 5.73 Å². The number of rotatable bonds is 3. The standard InChI is InChI=1S/C15H15NOS/c16-9-11(17)7-10-5-6-15-13(8-10)12-3-1-2-4-14(12)18-15/h1-6,8,11,17H,7,9,16H2. The highest BCUT2D eigenvalue weighted by molar-refractivity contribution is 7.25. The first-order chi connectivity index (χ1) is 8.78. The van der Waals surface area contributed by atoms with Crippen molar-refractivity contribution in [3.8, 4) is 0 Å². The molecule has 0 fully saturated rings. The van der Waals surface area contributed by atoms with Gasteiger partial charge in [0.1, 0.15) is 0 Å². The Morgan fingerprint density at radius 1 is 1.06 bits per heavy atom. The highest BCUT2D eigenvalue weighted by atomic mass is 32.1. The Bertz CT molecular complexity index is 689. The van der Waals surface area contributed by atoms with Crippen LogP contribution in [0, 0.1) is 0 Å². The summed E-state index contributed by atoms with van der Waals surface area (Å²) < 4.78 is 2.60. The smallest absolute Gasteiger partial charge is 0.0702 e. The minimum absolute atomic E-state index is 0.308. The Morgan fingerprint density at radius 3 is 2.67 bits per heavy atom. The van der Waals surface area contributed by atoms with Crippen LogP contribution in [0.1, 0.15) is 5.56 Å². The van der Waals surface area contributed by atoms with Gasteiger partial charge in [-0.15, -0.1) is 11.3 Å². The van der Waals surface area contributed by atoms with Crippen molar-refractivity contribution in [2.24, 2.45) is 5.73 Å². The maximum absolute atomic E-state index is 9.62. The van der Waals surface area contributed by atoms with E-state index in [1.807, 2.05) is 11.3 Å². The molecule has 1 unspecified atom stereocenters. The molecule has 0 aliphatic carbocycles. The predicted octanol–water partition coefficient (Wildman–Crippen LogP) is 2.92. The van der Waals surface area contributed by atoms with E-state index < -0.39 is 6.10 Å². The van der Waals surface area contributed by atoms with Crippen molar-refractivity contribution < 1.29 is 5.11 Å². The van der Waals surface area contributed by atoms with Gasteiger partial charge < -0.3 is 10.8 Å². The summed E-state index contributed by atoms with van der Waals surface area (Å²) in [6, 6.07) is 14.8. The molecule has 0 aliphatic heterocycles. The van der Waals surface area contributed by atoms with Crippen LogP contribution in [0.3, 0.4) is 0 Å². The van der Waals surface area contributed by atoms with Crippen molar-refractivity contribution in [3.63, 3.8) is 0 Å². The summed E-state index contributed by atoms with van der Waals surface area (Å²) >= 11 is 1.81. The van der Waals surface area contributed by atoms with E-state index in [9.17, 15) is 5.11 Å². The summed E-state index contributed by atoms with van der Waals surface area (Å²) in [7, 11) is 0. The monoisotopic (exact) mass is 257 g/mol. The molecule has 3 rings (SSSR count). The van der Waals surface area contributed by atoms with Gasteiger partial charge in [0, 0.05) is 26.7 Å². The molecular formula is C15H15NOS. The van der Waals surface area contributed by atoms with Crippen molar-refractivity contribution in [3.05, 3.63) is 48.0 Å². The van der Waals surface area contributed by atoms with Gasteiger partial charge in [0.2, 0.25) is 0 Å². The number of thiophene rings is 1. The van der Waals surface area contributed by atoms with Gasteiger partial charge in [-0.25, -0.2) is 0 Å². The molecule has 92 valence electrons. The maximum Gasteiger partial charge on any atom is 0.0702 e. The Balaban J connectivity index is 2.12. The summed E-state index contributed by atoms with van der Waals surface area (Å²) in [5.74, 6) is 0. The van der Waals surface area contributed by atoms with Gasteiger partial charge in [0.15, 0.2) is 0 Å². The Labute approximate surface area is 110 Å². The van der Waals surface area contributed by atoms with Gasteiger partial charge in [-0.3, -0.25) is 0 Å². The van der Waals surface area contributed by atoms with Crippen molar-refractivity contribution in [2.45, 2.75) is 12.5 Å². The fraction of sp³-hybridized carbons (Fsp3) is 0.200. The normalized spacial score (nSPS) is 13.2. The molecule has 0 radical (unpaired) electrons. The van der Waals surface area contributed by atoms with E-state index in [4.69, 9.17) is 5.73 Å². The highest BCUT2D eigenvalue weighted by Gasteiger charge is 2.07. The second-order valence-corrected chi connectivity index (χ2v) is 5.61. The van der Waals surface area contributed by atoms with Gasteiger partial charge in [-0.1, -0.05) is 24.3 Å². The molecule has 1 heterocycles. The zero-order valence-corrected chi connectivity index (χ0v) is 10.8. The van der Waals surface area contributed by atoms with E-state index in [0.29, 0.717) is 13.0 Å². The number of nitrogens with two attached hydrogens (primary N) is 1. The average molecular weight is 257 g/mol. The molecular weight excluding hydrogens is 242 g/mol. The van der Waals surface area contributed by atoms with E-state index >= 15 is 0 Å². The van der Waals surface area contributed by atoms with Gasteiger partial charge in [0.25, 0.3) is 0 Å². The Hall–Kier alpha value is -1.42. The molecule has 0 aliphatic rings. The van der Waals surface area contributed by atoms with Crippen LogP contribution in [-0.2, 0) is 6.42 Å². The number of aliphatic hydroxyl groups excluding tert-OH is 1. The van der Waals surface area contributed by atoms with Crippen LogP contribution in [0.4, 0.5) is 0 Å². The van der Waals surface area contributed by atoms with E-state index in [2.05, 4.69) is 42.5 Å². The summed E-state index contributed by atoms with van der Waals surface area (Å²) in [5, 5.41) is 12.2.